The van der Waals surface area contributed by atoms with Gasteiger partial charge in [-0.2, -0.15) is 0 Å². The van der Waals surface area contributed by atoms with Crippen LogP contribution in [-0.2, 0) is 0 Å². The molecular formula is C20H24N4O. The van der Waals surface area contributed by atoms with E-state index in [1.807, 2.05) is 42.2 Å². The van der Waals surface area contributed by atoms with Crippen molar-refractivity contribution >= 4 is 5.91 Å². The van der Waals surface area contributed by atoms with Crippen molar-refractivity contribution in [1.29, 1.82) is 0 Å². The molecule has 1 aromatic heterocycles. The molecule has 2 aromatic rings. The summed E-state index contributed by atoms with van der Waals surface area (Å²) in [5.74, 6) is 1.32. The molecule has 2 saturated heterocycles. The molecule has 5 heteroatoms. The summed E-state index contributed by atoms with van der Waals surface area (Å²) in [4.78, 5) is 24.0. The predicted molar refractivity (Wildman–Crippen MR) is 97.2 cm³/mol. The van der Waals surface area contributed by atoms with E-state index in [4.69, 9.17) is 0 Å². The van der Waals surface area contributed by atoms with E-state index in [0.29, 0.717) is 23.3 Å². The van der Waals surface area contributed by atoms with Crippen LogP contribution in [0.25, 0.3) is 11.4 Å². The molecule has 2 aliphatic rings. The zero-order valence-corrected chi connectivity index (χ0v) is 14.6. The van der Waals surface area contributed by atoms with Gasteiger partial charge in [0.1, 0.15) is 0 Å². The monoisotopic (exact) mass is 336 g/mol. The molecule has 3 heterocycles. The summed E-state index contributed by atoms with van der Waals surface area (Å²) >= 11 is 0. The molecule has 1 aromatic carbocycles. The van der Waals surface area contributed by atoms with Crippen molar-refractivity contribution in [2.45, 2.75) is 32.2 Å². The Bertz CT molecular complexity index is 762. The predicted octanol–water partition coefficient (Wildman–Crippen LogP) is 2.67. The molecule has 5 nitrogen and oxygen atoms in total. The van der Waals surface area contributed by atoms with Crippen LogP contribution < -0.4 is 5.32 Å². The van der Waals surface area contributed by atoms with E-state index in [-0.39, 0.29) is 5.91 Å². The zero-order valence-electron chi connectivity index (χ0n) is 14.6. The summed E-state index contributed by atoms with van der Waals surface area (Å²) in [7, 11) is 0. The summed E-state index contributed by atoms with van der Waals surface area (Å²) in [6, 6.07) is 10.5. The van der Waals surface area contributed by atoms with Crippen LogP contribution >= 0.6 is 0 Å². The maximum atomic E-state index is 13.0. The second-order valence-corrected chi connectivity index (χ2v) is 7.06. The van der Waals surface area contributed by atoms with Crippen LogP contribution in [-0.4, -0.2) is 46.5 Å². The molecule has 2 fully saturated rings. The van der Waals surface area contributed by atoms with E-state index in [1.165, 1.54) is 12.8 Å². The smallest absolute Gasteiger partial charge is 0.257 e. The lowest BCUT2D eigenvalue weighted by Gasteiger charge is -2.41. The Morgan fingerprint density at radius 3 is 2.88 bits per heavy atom. The first-order valence-corrected chi connectivity index (χ1v) is 9.14. The molecule has 4 rings (SSSR count). The highest BCUT2D eigenvalue weighted by molar-refractivity contribution is 5.95. The van der Waals surface area contributed by atoms with Crippen molar-refractivity contribution in [3.05, 3.63) is 47.8 Å². The van der Waals surface area contributed by atoms with Crippen LogP contribution in [0.1, 0.15) is 35.3 Å². The normalized spacial score (nSPS) is 23.2. The van der Waals surface area contributed by atoms with Crippen LogP contribution in [0.4, 0.5) is 0 Å². The summed E-state index contributed by atoms with van der Waals surface area (Å²) < 4.78 is 0. The van der Waals surface area contributed by atoms with E-state index in [1.54, 1.807) is 6.20 Å². The van der Waals surface area contributed by atoms with E-state index >= 15 is 0 Å². The fraction of sp³-hybridized carbons (Fsp3) is 0.450. The van der Waals surface area contributed by atoms with Gasteiger partial charge in [-0.25, -0.2) is 9.97 Å². The number of carbonyl (C=O) groups is 1. The first-order valence-electron chi connectivity index (χ1n) is 9.14. The molecule has 1 amide bonds. The highest BCUT2D eigenvalue weighted by atomic mass is 16.2. The Labute approximate surface area is 148 Å². The summed E-state index contributed by atoms with van der Waals surface area (Å²) in [6.07, 6.45) is 5.15. The van der Waals surface area contributed by atoms with Gasteiger partial charge in [0.05, 0.1) is 11.3 Å². The van der Waals surface area contributed by atoms with Gasteiger partial charge in [0.15, 0.2) is 5.82 Å². The van der Waals surface area contributed by atoms with Gasteiger partial charge in [0.25, 0.3) is 5.91 Å². The fourth-order valence-electron chi connectivity index (χ4n) is 4.00. The molecule has 0 aliphatic carbocycles. The third-order valence-corrected chi connectivity index (χ3v) is 5.42. The second kappa shape index (κ2) is 6.92. The molecule has 0 bridgehead atoms. The summed E-state index contributed by atoms with van der Waals surface area (Å²) in [5, 5.41) is 3.59. The van der Waals surface area contributed by atoms with Gasteiger partial charge >= 0.3 is 0 Å². The lowest BCUT2D eigenvalue weighted by Crippen LogP contribution is -2.53. The van der Waals surface area contributed by atoms with Gasteiger partial charge in [-0.1, -0.05) is 30.3 Å². The molecule has 0 spiro atoms. The quantitative estimate of drug-likeness (QED) is 0.916. The molecule has 1 N–H and O–H groups in total. The Balaban J connectivity index is 1.52. The number of nitrogens with zero attached hydrogens (tertiary/aromatic N) is 3. The third kappa shape index (κ3) is 3.29. The molecule has 0 unspecified atom stereocenters. The minimum atomic E-state index is 0.0705. The standard InChI is InChI=1S/C20H24N4O/c1-14-17(12-22-19(23-14)15-6-3-2-4-7-15)20(25)24-11-9-18-16(13-24)8-5-10-21-18/h2-4,6-7,12,16,18,21H,5,8-11,13H2,1H3/t16-,18+/m1/s1. The van der Waals surface area contributed by atoms with Crippen LogP contribution in [0.5, 0.6) is 0 Å². The Morgan fingerprint density at radius 1 is 1.24 bits per heavy atom. The number of carbonyl (C=O) groups excluding carboxylic acids is 1. The number of benzene rings is 1. The average molecular weight is 336 g/mol. The van der Waals surface area contributed by atoms with Crippen LogP contribution in [0.2, 0.25) is 0 Å². The van der Waals surface area contributed by atoms with Crippen LogP contribution in [0.15, 0.2) is 36.5 Å². The lowest BCUT2D eigenvalue weighted by molar-refractivity contribution is 0.0591. The molecular weight excluding hydrogens is 312 g/mol. The Kier molecular flexibility index (Phi) is 4.49. The van der Waals surface area contributed by atoms with Gasteiger partial charge in [-0.05, 0) is 38.6 Å². The first kappa shape index (κ1) is 16.2. The fourth-order valence-corrected chi connectivity index (χ4v) is 4.00. The Hall–Kier alpha value is -2.27. The minimum Gasteiger partial charge on any atom is -0.338 e. The topological polar surface area (TPSA) is 58.1 Å². The minimum absolute atomic E-state index is 0.0705. The number of aryl methyl sites for hydroxylation is 1. The SMILES string of the molecule is Cc1nc(-c2ccccc2)ncc1C(=O)N1CC[C@@H]2NCCC[C@@H]2C1. The molecule has 130 valence electrons. The van der Waals surface area contributed by atoms with Crippen LogP contribution in [0, 0.1) is 12.8 Å². The highest BCUT2D eigenvalue weighted by Gasteiger charge is 2.33. The van der Waals surface area contributed by atoms with E-state index in [9.17, 15) is 4.79 Å². The molecule has 25 heavy (non-hydrogen) atoms. The summed E-state index contributed by atoms with van der Waals surface area (Å²) in [6.45, 7) is 4.67. The lowest BCUT2D eigenvalue weighted by atomic mass is 9.85. The maximum absolute atomic E-state index is 13.0. The number of rotatable bonds is 2. The molecule has 0 radical (unpaired) electrons. The molecule has 2 aliphatic heterocycles. The van der Waals surface area contributed by atoms with Crippen LogP contribution in [0.3, 0.4) is 0 Å². The first-order chi connectivity index (χ1) is 12.2. The number of nitrogens with one attached hydrogen (secondary N) is 1. The number of piperidine rings is 2. The third-order valence-electron chi connectivity index (χ3n) is 5.42. The van der Waals surface area contributed by atoms with Crippen molar-refractivity contribution in [2.75, 3.05) is 19.6 Å². The van der Waals surface area contributed by atoms with Gasteiger partial charge in [0.2, 0.25) is 0 Å². The van der Waals surface area contributed by atoms with Crippen molar-refractivity contribution in [1.82, 2.24) is 20.2 Å². The van der Waals surface area contributed by atoms with Gasteiger partial charge in [-0.3, -0.25) is 4.79 Å². The van der Waals surface area contributed by atoms with Crippen molar-refractivity contribution in [2.24, 2.45) is 5.92 Å². The number of aromatic nitrogens is 2. The number of hydrogen-bond acceptors (Lipinski definition) is 4. The van der Waals surface area contributed by atoms with Gasteiger partial charge in [0, 0.05) is 30.9 Å². The summed E-state index contributed by atoms with van der Waals surface area (Å²) in [5.41, 5.74) is 2.35. The maximum Gasteiger partial charge on any atom is 0.257 e. The number of likely N-dealkylation sites (tertiary alicyclic amines) is 1. The van der Waals surface area contributed by atoms with Crippen molar-refractivity contribution < 1.29 is 4.79 Å². The van der Waals surface area contributed by atoms with Crippen molar-refractivity contribution in [3.8, 4) is 11.4 Å². The highest BCUT2D eigenvalue weighted by Crippen LogP contribution is 2.26. The number of amides is 1. The second-order valence-electron chi connectivity index (χ2n) is 7.06. The number of hydrogen-bond donors (Lipinski definition) is 1. The number of fused-ring (bicyclic) bond motifs is 1. The van der Waals surface area contributed by atoms with Gasteiger partial charge in [-0.15, -0.1) is 0 Å². The van der Waals surface area contributed by atoms with Gasteiger partial charge < -0.3 is 10.2 Å². The zero-order chi connectivity index (χ0) is 17.2. The Morgan fingerprint density at radius 2 is 2.08 bits per heavy atom. The molecule has 0 saturated carbocycles. The average Bonchev–Trinajstić information content (AvgIpc) is 2.67. The van der Waals surface area contributed by atoms with E-state index < -0.39 is 0 Å². The molecule has 2 atom stereocenters. The van der Waals surface area contributed by atoms with E-state index in [2.05, 4.69) is 15.3 Å². The van der Waals surface area contributed by atoms with Crippen molar-refractivity contribution in [3.63, 3.8) is 0 Å². The largest absolute Gasteiger partial charge is 0.338 e. The van der Waals surface area contributed by atoms with E-state index in [0.717, 1.165) is 37.3 Å².